The Hall–Kier alpha value is -5.44. The van der Waals surface area contributed by atoms with Crippen molar-refractivity contribution in [3.63, 3.8) is 0 Å². The number of para-hydroxylation sites is 2. The average Bonchev–Trinajstić information content (AvgIpc) is 3.66. The van der Waals surface area contributed by atoms with Crippen molar-refractivity contribution >= 4 is 54.7 Å². The lowest BCUT2D eigenvalue weighted by molar-refractivity contribution is 1.01. The molecule has 2 aromatic heterocycles. The van der Waals surface area contributed by atoms with Gasteiger partial charge in [-0.25, -0.2) is 0 Å². The molecule has 0 radical (unpaired) electrons. The first-order chi connectivity index (χ1) is 22.8. The van der Waals surface area contributed by atoms with Crippen LogP contribution >= 0.6 is 11.3 Å². The van der Waals surface area contributed by atoms with E-state index >= 15 is 0 Å². The van der Waals surface area contributed by atoms with Crippen molar-refractivity contribution < 1.29 is 0 Å². The highest BCUT2D eigenvalue weighted by atomic mass is 32.1. The van der Waals surface area contributed by atoms with Gasteiger partial charge in [-0.15, -0.1) is 11.3 Å². The molecule has 0 fully saturated rings. The number of aromatic nitrogens is 1. The summed E-state index contributed by atoms with van der Waals surface area (Å²) in [6.45, 7) is 0. The van der Waals surface area contributed by atoms with E-state index < -0.39 is 0 Å². The van der Waals surface area contributed by atoms with E-state index in [0.717, 1.165) is 12.8 Å². The summed E-state index contributed by atoms with van der Waals surface area (Å²) in [7, 11) is 0. The number of nitrogens with zero attached hydrogens (tertiary/aromatic N) is 1. The SMILES string of the molecule is c1ccc(-c2sc(-c3ccc4c(c3)Cc3cc5ccc(-n6c7ccccc7c7ccccc76)cc5cc3C4)c3ccccc23)cc1. The molecule has 2 heterocycles. The quantitative estimate of drug-likeness (QED) is 0.189. The van der Waals surface area contributed by atoms with Gasteiger partial charge < -0.3 is 4.57 Å². The lowest BCUT2D eigenvalue weighted by Gasteiger charge is -2.21. The summed E-state index contributed by atoms with van der Waals surface area (Å²) >= 11 is 1.92. The molecule has 1 aliphatic carbocycles. The molecule has 7 aromatic carbocycles. The lowest BCUT2D eigenvalue weighted by Crippen LogP contribution is -2.07. The van der Waals surface area contributed by atoms with E-state index in [1.165, 1.54) is 92.2 Å². The van der Waals surface area contributed by atoms with Crippen LogP contribution in [0, 0.1) is 0 Å². The van der Waals surface area contributed by atoms with Gasteiger partial charge in [-0.2, -0.15) is 0 Å². The molecule has 216 valence electrons. The van der Waals surface area contributed by atoms with Crippen LogP contribution in [0.1, 0.15) is 22.3 Å². The maximum absolute atomic E-state index is 2.46. The van der Waals surface area contributed by atoms with Gasteiger partial charge in [0.2, 0.25) is 0 Å². The summed E-state index contributed by atoms with van der Waals surface area (Å²) in [6, 6.07) is 56.2. The summed E-state index contributed by atoms with van der Waals surface area (Å²) in [5.41, 5.74) is 12.1. The van der Waals surface area contributed by atoms with Gasteiger partial charge >= 0.3 is 0 Å². The summed E-state index contributed by atoms with van der Waals surface area (Å²) in [6.07, 6.45) is 1.94. The second kappa shape index (κ2) is 10.0. The van der Waals surface area contributed by atoms with E-state index in [1.54, 1.807) is 0 Å². The molecular formula is C44H29NS. The zero-order valence-electron chi connectivity index (χ0n) is 25.2. The maximum Gasteiger partial charge on any atom is 0.0541 e. The zero-order chi connectivity index (χ0) is 30.2. The number of rotatable bonds is 3. The molecule has 0 atom stereocenters. The fourth-order valence-corrected chi connectivity index (χ4v) is 8.95. The lowest BCUT2D eigenvalue weighted by atomic mass is 9.83. The molecule has 0 saturated carbocycles. The van der Waals surface area contributed by atoms with Crippen LogP contribution in [0.5, 0.6) is 0 Å². The summed E-state index contributed by atoms with van der Waals surface area (Å²) < 4.78 is 2.41. The minimum Gasteiger partial charge on any atom is -0.309 e. The van der Waals surface area contributed by atoms with Crippen molar-refractivity contribution in [2.45, 2.75) is 12.8 Å². The van der Waals surface area contributed by atoms with E-state index in [0.29, 0.717) is 0 Å². The number of benzene rings is 7. The first-order valence-corrected chi connectivity index (χ1v) is 16.8. The van der Waals surface area contributed by atoms with Crippen LogP contribution in [0.4, 0.5) is 0 Å². The normalized spacial score (nSPS) is 12.6. The smallest absolute Gasteiger partial charge is 0.0541 e. The van der Waals surface area contributed by atoms with Crippen LogP contribution in [0.25, 0.3) is 69.9 Å². The topological polar surface area (TPSA) is 4.93 Å². The van der Waals surface area contributed by atoms with Crippen molar-refractivity contribution in [2.75, 3.05) is 0 Å². The molecule has 1 nitrogen and oxygen atoms in total. The van der Waals surface area contributed by atoms with Crippen LogP contribution < -0.4 is 0 Å². The highest BCUT2D eigenvalue weighted by molar-refractivity contribution is 7.21. The molecule has 0 bridgehead atoms. The van der Waals surface area contributed by atoms with Crippen molar-refractivity contribution in [3.05, 3.63) is 174 Å². The number of thiophene rings is 1. The van der Waals surface area contributed by atoms with Gasteiger partial charge in [0, 0.05) is 37.0 Å². The third kappa shape index (κ3) is 3.94. The fraction of sp³-hybridized carbons (Fsp3) is 0.0455. The van der Waals surface area contributed by atoms with Crippen LogP contribution in [0.2, 0.25) is 0 Å². The first kappa shape index (κ1) is 25.8. The maximum atomic E-state index is 2.46. The molecule has 0 spiro atoms. The molecular weight excluding hydrogens is 575 g/mol. The Bertz CT molecular complexity index is 2580. The molecule has 0 aliphatic heterocycles. The minimum atomic E-state index is 0.970. The standard InChI is InChI=1S/C44H29NS/c1-2-10-28(11-3-1)43-39-14-4-5-15-40(39)44(46-43)31-19-18-29-22-34-26-35-27-36(21-20-30(35)23-33(34)25-32(29)24-31)45-41-16-8-6-12-37(41)38-13-7-9-17-42(38)45/h1-21,23-24,26-27H,22,25H2. The van der Waals surface area contributed by atoms with Gasteiger partial charge in [0.05, 0.1) is 11.0 Å². The van der Waals surface area contributed by atoms with Crippen molar-refractivity contribution in [1.29, 1.82) is 0 Å². The predicted molar refractivity (Wildman–Crippen MR) is 197 cm³/mol. The third-order valence-electron chi connectivity index (χ3n) is 9.87. The van der Waals surface area contributed by atoms with Crippen molar-refractivity contribution in [3.8, 4) is 26.6 Å². The summed E-state index contributed by atoms with van der Waals surface area (Å²) in [4.78, 5) is 2.71. The minimum absolute atomic E-state index is 0.970. The van der Waals surface area contributed by atoms with Crippen LogP contribution in [-0.4, -0.2) is 4.57 Å². The zero-order valence-corrected chi connectivity index (χ0v) is 26.0. The van der Waals surface area contributed by atoms with Gasteiger partial charge in [0.25, 0.3) is 0 Å². The second-order valence-electron chi connectivity index (χ2n) is 12.5. The van der Waals surface area contributed by atoms with Gasteiger partial charge in [0.15, 0.2) is 0 Å². The number of hydrogen-bond acceptors (Lipinski definition) is 1. The molecule has 46 heavy (non-hydrogen) atoms. The van der Waals surface area contributed by atoms with Gasteiger partial charge in [-0.05, 0) is 87.3 Å². The molecule has 0 saturated heterocycles. The fourth-order valence-electron chi connectivity index (χ4n) is 7.67. The van der Waals surface area contributed by atoms with E-state index in [4.69, 9.17) is 0 Å². The van der Waals surface area contributed by atoms with E-state index in [9.17, 15) is 0 Å². The molecule has 0 N–H and O–H groups in total. The van der Waals surface area contributed by atoms with Gasteiger partial charge in [-0.3, -0.25) is 0 Å². The Morgan fingerprint density at radius 3 is 1.67 bits per heavy atom. The average molecular weight is 604 g/mol. The number of hydrogen-bond donors (Lipinski definition) is 0. The molecule has 10 rings (SSSR count). The Labute approximate surface area is 271 Å². The van der Waals surface area contributed by atoms with Gasteiger partial charge in [-0.1, -0.05) is 121 Å². The molecule has 9 aromatic rings. The highest BCUT2D eigenvalue weighted by Gasteiger charge is 2.20. The molecule has 0 amide bonds. The number of fused-ring (bicyclic) bond motifs is 7. The Kier molecular flexibility index (Phi) is 5.64. The van der Waals surface area contributed by atoms with E-state index in [-0.39, 0.29) is 0 Å². The highest BCUT2D eigenvalue weighted by Crippen LogP contribution is 2.45. The molecule has 0 unspecified atom stereocenters. The Balaban J connectivity index is 1.04. The van der Waals surface area contributed by atoms with Crippen LogP contribution in [0.3, 0.4) is 0 Å². The third-order valence-corrected chi connectivity index (χ3v) is 11.2. The largest absolute Gasteiger partial charge is 0.309 e. The Morgan fingerprint density at radius 2 is 0.957 bits per heavy atom. The van der Waals surface area contributed by atoms with Crippen molar-refractivity contribution in [2.24, 2.45) is 0 Å². The predicted octanol–water partition coefficient (Wildman–Crippen LogP) is 12.0. The Morgan fingerprint density at radius 1 is 0.391 bits per heavy atom. The van der Waals surface area contributed by atoms with Crippen LogP contribution in [0.15, 0.2) is 152 Å². The first-order valence-electron chi connectivity index (χ1n) is 16.0. The van der Waals surface area contributed by atoms with E-state index in [2.05, 4.69) is 156 Å². The summed E-state index contributed by atoms with van der Waals surface area (Å²) in [5.74, 6) is 0. The summed E-state index contributed by atoms with van der Waals surface area (Å²) in [5, 5.41) is 7.88. The van der Waals surface area contributed by atoms with Crippen molar-refractivity contribution in [1.82, 2.24) is 4.57 Å². The molecule has 2 heteroatoms. The van der Waals surface area contributed by atoms with E-state index in [1.807, 2.05) is 11.3 Å². The second-order valence-corrected chi connectivity index (χ2v) is 13.6. The van der Waals surface area contributed by atoms with Crippen LogP contribution in [-0.2, 0) is 12.8 Å². The monoisotopic (exact) mass is 603 g/mol. The van der Waals surface area contributed by atoms with Gasteiger partial charge in [0.1, 0.15) is 0 Å². The molecule has 1 aliphatic rings.